The van der Waals surface area contributed by atoms with E-state index in [2.05, 4.69) is 4.98 Å². The van der Waals surface area contributed by atoms with Crippen LogP contribution in [0.4, 0.5) is 0 Å². The van der Waals surface area contributed by atoms with Gasteiger partial charge in [-0.2, -0.15) is 0 Å². The Morgan fingerprint density at radius 3 is 2.84 bits per heavy atom. The van der Waals surface area contributed by atoms with Crippen molar-refractivity contribution in [1.29, 1.82) is 0 Å². The number of hydrogen-bond acceptors (Lipinski definition) is 6. The molecule has 106 valence electrons. The molecule has 0 spiro atoms. The summed E-state index contributed by atoms with van der Waals surface area (Å²) in [5.74, 6) is -1.58. The van der Waals surface area contributed by atoms with Gasteiger partial charge in [-0.1, -0.05) is 6.42 Å². The molecule has 1 N–H and O–H groups in total. The smallest absolute Gasteiger partial charge is 0.373 e. The number of carboxylic acid groups (broad SMARTS) is 1. The van der Waals surface area contributed by atoms with Gasteiger partial charge in [-0.05, 0) is 12.8 Å². The van der Waals surface area contributed by atoms with Crippen LogP contribution >= 0.6 is 0 Å². The Kier molecular flexibility index (Phi) is 3.91. The molecule has 2 rings (SSSR count). The van der Waals surface area contributed by atoms with E-state index in [1.54, 1.807) is 0 Å². The number of oxazole rings is 1. The van der Waals surface area contributed by atoms with Crippen molar-refractivity contribution in [3.63, 3.8) is 0 Å². The zero-order valence-corrected chi connectivity index (χ0v) is 11.3. The number of sulfone groups is 1. The summed E-state index contributed by atoms with van der Waals surface area (Å²) in [4.78, 5) is 15.0. The van der Waals surface area contributed by atoms with Gasteiger partial charge in [0.1, 0.15) is 10.9 Å². The predicted octanol–water partition coefficient (Wildman–Crippen LogP) is 1.16. The average molecular weight is 289 g/mol. The molecule has 1 aromatic rings. The lowest BCUT2D eigenvalue weighted by molar-refractivity contribution is 0.0653. The van der Waals surface area contributed by atoms with Gasteiger partial charge in [0.15, 0.2) is 9.84 Å². The van der Waals surface area contributed by atoms with Crippen molar-refractivity contribution < 1.29 is 27.5 Å². The average Bonchev–Trinajstić information content (AvgIpc) is 2.73. The number of carbonyl (C=O) groups is 1. The number of carboxylic acids is 1. The number of rotatable bonds is 4. The van der Waals surface area contributed by atoms with Gasteiger partial charge in [-0.15, -0.1) is 0 Å². The van der Waals surface area contributed by atoms with E-state index in [0.29, 0.717) is 12.8 Å². The molecular weight excluding hydrogens is 274 g/mol. The van der Waals surface area contributed by atoms with Crippen molar-refractivity contribution in [2.45, 2.75) is 31.1 Å². The minimum absolute atomic E-state index is 0.0299. The summed E-state index contributed by atoms with van der Waals surface area (Å²) in [5.41, 5.74) is 0.116. The third-order valence-corrected chi connectivity index (χ3v) is 5.21. The van der Waals surface area contributed by atoms with Crippen LogP contribution in [-0.2, 0) is 21.2 Å². The highest BCUT2D eigenvalue weighted by Gasteiger charge is 2.35. The first kappa shape index (κ1) is 14.0. The maximum Gasteiger partial charge on any atom is 0.373 e. The molecule has 0 radical (unpaired) electrons. The Hall–Kier alpha value is -1.41. The Bertz CT molecular complexity index is 576. The third-order valence-electron chi connectivity index (χ3n) is 3.04. The molecule has 0 aliphatic carbocycles. The second kappa shape index (κ2) is 5.30. The monoisotopic (exact) mass is 289 g/mol. The normalized spacial score (nSPS) is 22.3. The third kappa shape index (κ3) is 2.79. The van der Waals surface area contributed by atoms with Crippen molar-refractivity contribution in [2.75, 3.05) is 12.9 Å². The minimum atomic E-state index is -3.31. The molecule has 0 saturated carbocycles. The number of ether oxygens (including phenoxy) is 1. The zero-order valence-electron chi connectivity index (χ0n) is 10.5. The highest BCUT2D eigenvalue weighted by molar-refractivity contribution is 7.91. The van der Waals surface area contributed by atoms with Crippen LogP contribution in [0.15, 0.2) is 4.42 Å². The number of methoxy groups -OCH3 is 1. The van der Waals surface area contributed by atoms with Crippen LogP contribution in [0, 0.1) is 0 Å². The summed E-state index contributed by atoms with van der Waals surface area (Å²) in [6.45, 7) is -0.0299. The molecule has 7 nitrogen and oxygen atoms in total. The van der Waals surface area contributed by atoms with Gasteiger partial charge in [0, 0.05) is 7.11 Å². The number of aromatic nitrogens is 1. The Balaban J connectivity index is 2.39. The first-order valence-electron chi connectivity index (χ1n) is 5.89. The van der Waals surface area contributed by atoms with Gasteiger partial charge in [0.25, 0.3) is 0 Å². The molecule has 1 atom stereocenters. The lowest BCUT2D eigenvalue weighted by Gasteiger charge is -2.18. The van der Waals surface area contributed by atoms with Gasteiger partial charge in [0.05, 0.1) is 12.4 Å². The minimum Gasteiger partial charge on any atom is -0.475 e. The van der Waals surface area contributed by atoms with Crippen molar-refractivity contribution >= 4 is 15.8 Å². The molecular formula is C11H15NO6S. The SMILES string of the molecule is COCc1nc(C2CCCCS2(=O)=O)oc1C(=O)O. The van der Waals surface area contributed by atoms with Gasteiger partial charge in [-0.25, -0.2) is 18.2 Å². The molecule has 1 aliphatic heterocycles. The van der Waals surface area contributed by atoms with E-state index in [1.807, 2.05) is 0 Å². The largest absolute Gasteiger partial charge is 0.475 e. The number of nitrogens with zero attached hydrogens (tertiary/aromatic N) is 1. The fourth-order valence-electron chi connectivity index (χ4n) is 2.14. The van der Waals surface area contributed by atoms with E-state index < -0.39 is 21.1 Å². The maximum absolute atomic E-state index is 12.0. The lowest BCUT2D eigenvalue weighted by Crippen LogP contribution is -2.21. The standard InChI is InChI=1S/C11H15NO6S/c1-17-6-7-9(11(13)14)18-10(12-7)8-4-2-3-5-19(8,15)16/h8H,2-6H2,1H3,(H,13,14). The Labute approximate surface area is 110 Å². The predicted molar refractivity (Wildman–Crippen MR) is 64.6 cm³/mol. The summed E-state index contributed by atoms with van der Waals surface area (Å²) >= 11 is 0. The van der Waals surface area contributed by atoms with Crippen LogP contribution in [-0.4, -0.2) is 37.3 Å². The molecule has 0 aromatic carbocycles. The van der Waals surface area contributed by atoms with Crippen molar-refractivity contribution in [3.8, 4) is 0 Å². The summed E-state index contributed by atoms with van der Waals surface area (Å²) in [5, 5.41) is 8.15. The molecule has 19 heavy (non-hydrogen) atoms. The Morgan fingerprint density at radius 1 is 1.53 bits per heavy atom. The molecule has 1 unspecified atom stereocenters. The highest BCUT2D eigenvalue weighted by Crippen LogP contribution is 2.33. The van der Waals surface area contributed by atoms with Crippen LogP contribution in [0.3, 0.4) is 0 Å². The maximum atomic E-state index is 12.0. The van der Waals surface area contributed by atoms with E-state index in [9.17, 15) is 13.2 Å². The zero-order chi connectivity index (χ0) is 14.0. The van der Waals surface area contributed by atoms with Crippen molar-refractivity contribution in [3.05, 3.63) is 17.3 Å². The molecule has 1 aliphatic rings. The summed E-state index contributed by atoms with van der Waals surface area (Å²) < 4.78 is 33.9. The van der Waals surface area contributed by atoms with E-state index in [-0.39, 0.29) is 29.7 Å². The first-order valence-corrected chi connectivity index (χ1v) is 7.60. The molecule has 1 aromatic heterocycles. The molecule has 8 heteroatoms. The van der Waals surface area contributed by atoms with E-state index in [1.165, 1.54) is 7.11 Å². The topological polar surface area (TPSA) is 107 Å². The van der Waals surface area contributed by atoms with Crippen LogP contribution in [0.2, 0.25) is 0 Å². The fourth-order valence-corrected chi connectivity index (χ4v) is 3.97. The van der Waals surface area contributed by atoms with Crippen molar-refractivity contribution in [2.24, 2.45) is 0 Å². The Morgan fingerprint density at radius 2 is 2.26 bits per heavy atom. The summed E-state index contributed by atoms with van der Waals surface area (Å²) in [7, 11) is -1.91. The lowest BCUT2D eigenvalue weighted by atomic mass is 10.2. The second-order valence-corrected chi connectivity index (χ2v) is 6.72. The first-order chi connectivity index (χ1) is 8.95. The number of aromatic carboxylic acids is 1. The van der Waals surface area contributed by atoms with E-state index in [0.717, 1.165) is 6.42 Å². The van der Waals surface area contributed by atoms with Crippen molar-refractivity contribution in [1.82, 2.24) is 4.98 Å². The van der Waals surface area contributed by atoms with Crippen LogP contribution in [0.1, 0.15) is 46.7 Å². The van der Waals surface area contributed by atoms with Crippen LogP contribution < -0.4 is 0 Å². The number of hydrogen-bond donors (Lipinski definition) is 1. The molecule has 1 saturated heterocycles. The fraction of sp³-hybridized carbons (Fsp3) is 0.636. The van der Waals surface area contributed by atoms with Gasteiger partial charge >= 0.3 is 5.97 Å². The van der Waals surface area contributed by atoms with E-state index >= 15 is 0 Å². The molecule has 2 heterocycles. The quantitative estimate of drug-likeness (QED) is 0.886. The van der Waals surface area contributed by atoms with Gasteiger partial charge < -0.3 is 14.3 Å². The molecule has 0 bridgehead atoms. The van der Waals surface area contributed by atoms with Crippen LogP contribution in [0.5, 0.6) is 0 Å². The summed E-state index contributed by atoms with van der Waals surface area (Å²) in [6, 6.07) is 0. The molecule has 0 amide bonds. The van der Waals surface area contributed by atoms with Gasteiger partial charge in [-0.3, -0.25) is 0 Å². The second-order valence-electron chi connectivity index (χ2n) is 4.42. The summed E-state index contributed by atoms with van der Waals surface area (Å²) in [6.07, 6.45) is 1.79. The van der Waals surface area contributed by atoms with E-state index in [4.69, 9.17) is 14.3 Å². The highest BCUT2D eigenvalue weighted by atomic mass is 32.2. The molecule has 1 fully saturated rings. The van der Waals surface area contributed by atoms with Gasteiger partial charge in [0.2, 0.25) is 11.7 Å². The van der Waals surface area contributed by atoms with Crippen LogP contribution in [0.25, 0.3) is 0 Å².